The highest BCUT2D eigenvalue weighted by atomic mass is 16.5. The van der Waals surface area contributed by atoms with Gasteiger partial charge in [-0.05, 0) is 19.8 Å². The Hall–Kier alpha value is -0.160. The smallest absolute Gasteiger partial charge is 0.106 e. The monoisotopic (exact) mass is 229 g/mol. The molecular weight excluding hydrogens is 206 g/mol. The molecule has 0 aromatic carbocycles. The van der Waals surface area contributed by atoms with Crippen LogP contribution in [0, 0.1) is 0 Å². The van der Waals surface area contributed by atoms with Crippen LogP contribution in [-0.4, -0.2) is 51.2 Å². The van der Waals surface area contributed by atoms with Gasteiger partial charge in [-0.25, -0.2) is 0 Å². The van der Waals surface area contributed by atoms with Crippen LogP contribution >= 0.6 is 0 Å². The van der Waals surface area contributed by atoms with Crippen molar-refractivity contribution in [2.24, 2.45) is 0 Å². The Balaban J connectivity index is 1.67. The SMILES string of the molecule is COC1(CNCC2CCC(C)O2)CCOC1. The number of hydrogen-bond donors (Lipinski definition) is 1. The van der Waals surface area contributed by atoms with Gasteiger partial charge in [-0.15, -0.1) is 0 Å². The lowest BCUT2D eigenvalue weighted by Gasteiger charge is -2.26. The van der Waals surface area contributed by atoms with Gasteiger partial charge in [0.1, 0.15) is 5.60 Å². The number of rotatable bonds is 5. The highest BCUT2D eigenvalue weighted by molar-refractivity contribution is 4.87. The summed E-state index contributed by atoms with van der Waals surface area (Å²) in [6, 6.07) is 0. The van der Waals surface area contributed by atoms with E-state index in [-0.39, 0.29) is 5.60 Å². The van der Waals surface area contributed by atoms with Crippen LogP contribution in [-0.2, 0) is 14.2 Å². The maximum atomic E-state index is 5.76. The maximum Gasteiger partial charge on any atom is 0.106 e. The molecule has 0 radical (unpaired) electrons. The molecule has 4 heteroatoms. The van der Waals surface area contributed by atoms with E-state index in [1.54, 1.807) is 7.11 Å². The molecule has 2 rings (SSSR count). The molecule has 0 aliphatic carbocycles. The average molecular weight is 229 g/mol. The molecule has 2 aliphatic rings. The summed E-state index contributed by atoms with van der Waals surface area (Å²) in [6.45, 7) is 5.44. The first-order valence-corrected chi connectivity index (χ1v) is 6.23. The lowest BCUT2D eigenvalue weighted by molar-refractivity contribution is -0.0190. The molecule has 94 valence electrons. The van der Waals surface area contributed by atoms with Crippen molar-refractivity contribution in [1.29, 1.82) is 0 Å². The van der Waals surface area contributed by atoms with Crippen LogP contribution < -0.4 is 5.32 Å². The van der Waals surface area contributed by atoms with Crippen LogP contribution in [0.5, 0.6) is 0 Å². The molecule has 0 aromatic rings. The number of methoxy groups -OCH3 is 1. The van der Waals surface area contributed by atoms with Crippen molar-refractivity contribution in [2.75, 3.05) is 33.4 Å². The lowest BCUT2D eigenvalue weighted by atomic mass is 10.0. The minimum Gasteiger partial charge on any atom is -0.378 e. The van der Waals surface area contributed by atoms with Crippen LogP contribution in [0.1, 0.15) is 26.2 Å². The van der Waals surface area contributed by atoms with Crippen LogP contribution in [0.3, 0.4) is 0 Å². The Bertz CT molecular complexity index is 216. The highest BCUT2D eigenvalue weighted by Gasteiger charge is 2.34. The van der Waals surface area contributed by atoms with Crippen molar-refractivity contribution < 1.29 is 14.2 Å². The van der Waals surface area contributed by atoms with E-state index in [4.69, 9.17) is 14.2 Å². The van der Waals surface area contributed by atoms with Gasteiger partial charge in [0.05, 0.1) is 18.8 Å². The van der Waals surface area contributed by atoms with Crippen LogP contribution in [0.25, 0.3) is 0 Å². The van der Waals surface area contributed by atoms with E-state index >= 15 is 0 Å². The van der Waals surface area contributed by atoms with Gasteiger partial charge in [-0.1, -0.05) is 0 Å². The minimum absolute atomic E-state index is 0.107. The average Bonchev–Trinajstić information content (AvgIpc) is 2.89. The van der Waals surface area contributed by atoms with E-state index < -0.39 is 0 Å². The van der Waals surface area contributed by atoms with E-state index in [9.17, 15) is 0 Å². The largest absolute Gasteiger partial charge is 0.378 e. The van der Waals surface area contributed by atoms with Gasteiger partial charge in [0, 0.05) is 33.2 Å². The third-order valence-electron chi connectivity index (χ3n) is 3.64. The van der Waals surface area contributed by atoms with Gasteiger partial charge in [0.25, 0.3) is 0 Å². The summed E-state index contributed by atoms with van der Waals surface area (Å²) < 4.78 is 16.7. The first kappa shape index (κ1) is 12.3. The second-order valence-corrected chi connectivity index (χ2v) is 4.97. The first-order chi connectivity index (χ1) is 7.74. The Kier molecular flexibility index (Phi) is 4.19. The number of hydrogen-bond acceptors (Lipinski definition) is 4. The van der Waals surface area contributed by atoms with E-state index in [1.807, 2.05) is 0 Å². The van der Waals surface area contributed by atoms with Crippen molar-refractivity contribution >= 4 is 0 Å². The zero-order valence-corrected chi connectivity index (χ0v) is 10.3. The summed E-state index contributed by atoms with van der Waals surface area (Å²) >= 11 is 0. The second kappa shape index (κ2) is 5.45. The van der Waals surface area contributed by atoms with Crippen LogP contribution in [0.4, 0.5) is 0 Å². The predicted octanol–water partition coefficient (Wildman–Crippen LogP) is 0.949. The predicted molar refractivity (Wildman–Crippen MR) is 61.6 cm³/mol. The summed E-state index contributed by atoms with van der Waals surface area (Å²) in [7, 11) is 1.77. The second-order valence-electron chi connectivity index (χ2n) is 4.97. The van der Waals surface area contributed by atoms with Gasteiger partial charge in [0.2, 0.25) is 0 Å². The molecule has 16 heavy (non-hydrogen) atoms. The topological polar surface area (TPSA) is 39.7 Å². The molecule has 2 fully saturated rings. The molecular formula is C12H23NO3. The lowest BCUT2D eigenvalue weighted by Crippen LogP contribution is -2.44. The zero-order chi connectivity index (χ0) is 11.4. The van der Waals surface area contributed by atoms with Crippen molar-refractivity contribution in [2.45, 2.75) is 44.0 Å². The molecule has 2 aliphatic heterocycles. The van der Waals surface area contributed by atoms with E-state index in [0.717, 1.165) is 26.1 Å². The summed E-state index contributed by atoms with van der Waals surface area (Å²) in [5, 5.41) is 3.45. The molecule has 4 nitrogen and oxygen atoms in total. The van der Waals surface area contributed by atoms with Crippen molar-refractivity contribution in [3.8, 4) is 0 Å². The van der Waals surface area contributed by atoms with Crippen molar-refractivity contribution in [3.05, 3.63) is 0 Å². The summed E-state index contributed by atoms with van der Waals surface area (Å²) in [5.74, 6) is 0. The van der Waals surface area contributed by atoms with Gasteiger partial charge < -0.3 is 19.5 Å². The maximum absolute atomic E-state index is 5.76. The molecule has 0 aromatic heterocycles. The van der Waals surface area contributed by atoms with Crippen molar-refractivity contribution in [3.63, 3.8) is 0 Å². The molecule has 0 spiro atoms. The Morgan fingerprint density at radius 3 is 2.88 bits per heavy atom. The Morgan fingerprint density at radius 2 is 2.31 bits per heavy atom. The van der Waals surface area contributed by atoms with Crippen LogP contribution in [0.15, 0.2) is 0 Å². The molecule has 3 atom stereocenters. The van der Waals surface area contributed by atoms with E-state index in [0.29, 0.717) is 18.8 Å². The van der Waals surface area contributed by atoms with Gasteiger partial charge in [0.15, 0.2) is 0 Å². The molecule has 0 saturated carbocycles. The summed E-state index contributed by atoms with van der Waals surface area (Å²) in [4.78, 5) is 0. The van der Waals surface area contributed by atoms with E-state index in [1.165, 1.54) is 12.8 Å². The molecule has 2 heterocycles. The molecule has 0 amide bonds. The highest BCUT2D eigenvalue weighted by Crippen LogP contribution is 2.22. The van der Waals surface area contributed by atoms with Crippen molar-refractivity contribution in [1.82, 2.24) is 5.32 Å². The Labute approximate surface area is 97.6 Å². The summed E-state index contributed by atoms with van der Waals surface area (Å²) in [6.07, 6.45) is 4.15. The third-order valence-corrected chi connectivity index (χ3v) is 3.64. The Morgan fingerprint density at radius 1 is 1.44 bits per heavy atom. The number of ether oxygens (including phenoxy) is 3. The summed E-state index contributed by atoms with van der Waals surface area (Å²) in [5.41, 5.74) is -0.107. The molecule has 3 unspecified atom stereocenters. The fraction of sp³-hybridized carbons (Fsp3) is 1.00. The quantitative estimate of drug-likeness (QED) is 0.762. The minimum atomic E-state index is -0.107. The van der Waals surface area contributed by atoms with E-state index in [2.05, 4.69) is 12.2 Å². The third kappa shape index (κ3) is 2.94. The van der Waals surface area contributed by atoms with Gasteiger partial charge in [-0.2, -0.15) is 0 Å². The number of nitrogens with one attached hydrogen (secondary N) is 1. The standard InChI is InChI=1S/C12H23NO3/c1-10-3-4-11(16-10)7-13-8-12(14-2)5-6-15-9-12/h10-11,13H,3-9H2,1-2H3. The van der Waals surface area contributed by atoms with Gasteiger partial charge >= 0.3 is 0 Å². The molecule has 0 bridgehead atoms. The molecule has 1 N–H and O–H groups in total. The molecule has 2 saturated heterocycles. The first-order valence-electron chi connectivity index (χ1n) is 6.23. The fourth-order valence-corrected chi connectivity index (χ4v) is 2.46. The normalized spacial score (nSPS) is 39.4. The fourth-order valence-electron chi connectivity index (χ4n) is 2.46. The van der Waals surface area contributed by atoms with Gasteiger partial charge in [-0.3, -0.25) is 0 Å². The van der Waals surface area contributed by atoms with Crippen LogP contribution in [0.2, 0.25) is 0 Å². The zero-order valence-electron chi connectivity index (χ0n) is 10.3.